The molecule has 1 aliphatic carbocycles. The Morgan fingerprint density at radius 2 is 1.94 bits per heavy atom. The minimum atomic E-state index is -0.134. The first kappa shape index (κ1) is 12.5. The molecule has 0 aromatic heterocycles. The number of fused-ring (bicyclic) bond motifs is 2. The average Bonchev–Trinajstić information content (AvgIpc) is 2.38. The molecule has 0 amide bonds. The van der Waals surface area contributed by atoms with Crippen molar-refractivity contribution in [1.29, 1.82) is 0 Å². The molecule has 1 saturated carbocycles. The van der Waals surface area contributed by atoms with Gasteiger partial charge in [0, 0.05) is 24.1 Å². The summed E-state index contributed by atoms with van der Waals surface area (Å²) in [5, 5.41) is 0.728. The summed E-state index contributed by atoms with van der Waals surface area (Å²) in [5.41, 5.74) is 2.31. The third kappa shape index (κ3) is 2.42. The summed E-state index contributed by atoms with van der Waals surface area (Å²) in [5.74, 6) is 1.57. The van der Waals surface area contributed by atoms with Crippen LogP contribution in [0.3, 0.4) is 0 Å². The van der Waals surface area contributed by atoms with Gasteiger partial charge >= 0.3 is 0 Å². The molecule has 1 aromatic carbocycles. The third-order valence-electron chi connectivity index (χ3n) is 4.37. The number of nitrogens with zero attached hydrogens (tertiary/aromatic N) is 1. The summed E-state index contributed by atoms with van der Waals surface area (Å²) in [6.07, 6.45) is 5.55. The molecular weight excluding hydrogens is 293 g/mol. The summed E-state index contributed by atoms with van der Waals surface area (Å²) in [7, 11) is 0. The minimum Gasteiger partial charge on any atom is -0.371 e. The second-order valence-corrected chi connectivity index (χ2v) is 6.27. The van der Waals surface area contributed by atoms with Crippen molar-refractivity contribution < 1.29 is 4.39 Å². The van der Waals surface area contributed by atoms with Gasteiger partial charge in [0.05, 0.1) is 0 Å². The Morgan fingerprint density at radius 3 is 2.61 bits per heavy atom. The number of alkyl halides is 1. The highest BCUT2D eigenvalue weighted by Gasteiger charge is 2.31. The maximum Gasteiger partial charge on any atom is 0.123 e. The fraction of sp³-hybridized carbons (Fsp3) is 0.600. The monoisotopic (exact) mass is 311 g/mol. The standard InChI is InChI=1S/C15H19BrFN/c16-8-13-7-14(17)4-5-15(13)18-9-11-2-1-3-12(6-11)10-18/h4-5,7,11-12H,1-3,6,8-10H2. The second kappa shape index (κ2) is 5.20. The van der Waals surface area contributed by atoms with Crippen molar-refractivity contribution in [1.82, 2.24) is 0 Å². The number of hydrogen-bond acceptors (Lipinski definition) is 1. The number of piperidine rings is 1. The molecule has 1 aromatic rings. The van der Waals surface area contributed by atoms with Crippen LogP contribution < -0.4 is 4.90 Å². The predicted molar refractivity (Wildman–Crippen MR) is 76.7 cm³/mol. The SMILES string of the molecule is Fc1ccc(N2CC3CCCC(C3)C2)c(CBr)c1. The first-order chi connectivity index (χ1) is 8.76. The molecule has 0 radical (unpaired) electrons. The van der Waals surface area contributed by atoms with Crippen LogP contribution in [0.2, 0.25) is 0 Å². The molecular formula is C15H19BrFN. The summed E-state index contributed by atoms with van der Waals surface area (Å²) in [6, 6.07) is 5.20. The quantitative estimate of drug-likeness (QED) is 0.734. The van der Waals surface area contributed by atoms with Crippen LogP contribution in [0.5, 0.6) is 0 Å². The smallest absolute Gasteiger partial charge is 0.123 e. The van der Waals surface area contributed by atoms with E-state index in [1.165, 1.54) is 31.4 Å². The molecule has 1 aliphatic heterocycles. The highest BCUT2D eigenvalue weighted by Crippen LogP contribution is 2.37. The van der Waals surface area contributed by atoms with Crippen molar-refractivity contribution >= 4 is 21.6 Å². The van der Waals surface area contributed by atoms with E-state index < -0.39 is 0 Å². The zero-order chi connectivity index (χ0) is 12.5. The van der Waals surface area contributed by atoms with Crippen LogP contribution in [0.15, 0.2) is 18.2 Å². The Bertz CT molecular complexity index is 423. The molecule has 0 N–H and O–H groups in total. The van der Waals surface area contributed by atoms with Gasteiger partial charge < -0.3 is 4.90 Å². The molecule has 0 spiro atoms. The lowest BCUT2D eigenvalue weighted by atomic mass is 9.77. The van der Waals surface area contributed by atoms with E-state index >= 15 is 0 Å². The highest BCUT2D eigenvalue weighted by molar-refractivity contribution is 9.08. The Hall–Kier alpha value is -0.570. The average molecular weight is 312 g/mol. The number of benzene rings is 1. The Kier molecular flexibility index (Phi) is 3.60. The van der Waals surface area contributed by atoms with Crippen molar-refractivity contribution in [2.45, 2.75) is 31.0 Å². The van der Waals surface area contributed by atoms with Gasteiger partial charge in [0.25, 0.3) is 0 Å². The van der Waals surface area contributed by atoms with E-state index in [1.807, 2.05) is 6.07 Å². The molecule has 3 heteroatoms. The summed E-state index contributed by atoms with van der Waals surface area (Å²) in [6.45, 7) is 2.31. The first-order valence-corrected chi connectivity index (χ1v) is 7.97. The van der Waals surface area contributed by atoms with Gasteiger partial charge in [-0.05, 0) is 54.9 Å². The zero-order valence-corrected chi connectivity index (χ0v) is 12.1. The largest absolute Gasteiger partial charge is 0.371 e. The van der Waals surface area contributed by atoms with Crippen molar-refractivity contribution in [3.05, 3.63) is 29.6 Å². The summed E-state index contributed by atoms with van der Waals surface area (Å²) >= 11 is 3.48. The molecule has 2 aliphatic rings. The van der Waals surface area contributed by atoms with Gasteiger partial charge in [0.15, 0.2) is 0 Å². The lowest BCUT2D eigenvalue weighted by Crippen LogP contribution is -2.43. The maximum absolute atomic E-state index is 13.3. The van der Waals surface area contributed by atoms with E-state index in [-0.39, 0.29) is 5.82 Å². The Balaban J connectivity index is 1.86. The van der Waals surface area contributed by atoms with Gasteiger partial charge in [-0.1, -0.05) is 22.4 Å². The van der Waals surface area contributed by atoms with Crippen LogP contribution in [-0.2, 0) is 5.33 Å². The number of hydrogen-bond donors (Lipinski definition) is 0. The summed E-state index contributed by atoms with van der Waals surface area (Å²) < 4.78 is 13.3. The highest BCUT2D eigenvalue weighted by atomic mass is 79.9. The van der Waals surface area contributed by atoms with E-state index in [1.54, 1.807) is 12.1 Å². The van der Waals surface area contributed by atoms with Crippen LogP contribution in [0, 0.1) is 17.7 Å². The number of halogens is 2. The molecule has 98 valence electrons. The molecule has 2 unspecified atom stereocenters. The van der Waals surface area contributed by atoms with Crippen LogP contribution >= 0.6 is 15.9 Å². The topological polar surface area (TPSA) is 3.24 Å². The van der Waals surface area contributed by atoms with Gasteiger partial charge in [0.2, 0.25) is 0 Å². The lowest BCUT2D eigenvalue weighted by Gasteiger charge is -2.43. The molecule has 1 nitrogen and oxygen atoms in total. The maximum atomic E-state index is 13.3. The van der Waals surface area contributed by atoms with E-state index in [4.69, 9.17) is 0 Å². The van der Waals surface area contributed by atoms with E-state index in [9.17, 15) is 4.39 Å². The molecule has 2 atom stereocenters. The van der Waals surface area contributed by atoms with Gasteiger partial charge in [0.1, 0.15) is 5.82 Å². The molecule has 1 saturated heterocycles. The Labute approximate surface area is 116 Å². The van der Waals surface area contributed by atoms with Gasteiger partial charge in [-0.3, -0.25) is 0 Å². The fourth-order valence-electron chi connectivity index (χ4n) is 3.60. The Morgan fingerprint density at radius 1 is 1.22 bits per heavy atom. The lowest BCUT2D eigenvalue weighted by molar-refractivity contribution is 0.231. The van der Waals surface area contributed by atoms with Crippen molar-refractivity contribution in [3.8, 4) is 0 Å². The molecule has 3 rings (SSSR count). The van der Waals surface area contributed by atoms with Crippen LogP contribution in [0.25, 0.3) is 0 Å². The number of anilines is 1. The van der Waals surface area contributed by atoms with Crippen molar-refractivity contribution in [2.24, 2.45) is 11.8 Å². The van der Waals surface area contributed by atoms with Crippen molar-refractivity contribution in [2.75, 3.05) is 18.0 Å². The second-order valence-electron chi connectivity index (χ2n) is 5.71. The normalized spacial score (nSPS) is 27.3. The molecule has 2 bridgehead atoms. The zero-order valence-electron chi connectivity index (χ0n) is 10.5. The van der Waals surface area contributed by atoms with Gasteiger partial charge in [-0.2, -0.15) is 0 Å². The first-order valence-electron chi connectivity index (χ1n) is 6.85. The van der Waals surface area contributed by atoms with Crippen LogP contribution in [-0.4, -0.2) is 13.1 Å². The third-order valence-corrected chi connectivity index (χ3v) is 4.98. The van der Waals surface area contributed by atoms with Gasteiger partial charge in [-0.15, -0.1) is 0 Å². The summed E-state index contributed by atoms with van der Waals surface area (Å²) in [4.78, 5) is 2.48. The minimum absolute atomic E-state index is 0.134. The molecule has 2 fully saturated rings. The molecule has 18 heavy (non-hydrogen) atoms. The van der Waals surface area contributed by atoms with Crippen molar-refractivity contribution in [3.63, 3.8) is 0 Å². The predicted octanol–water partition coefficient (Wildman–Crippen LogP) is 4.35. The van der Waals surface area contributed by atoms with E-state index in [2.05, 4.69) is 20.8 Å². The van der Waals surface area contributed by atoms with E-state index in [0.717, 1.165) is 35.8 Å². The van der Waals surface area contributed by atoms with E-state index in [0.29, 0.717) is 0 Å². The van der Waals surface area contributed by atoms with Crippen LogP contribution in [0.1, 0.15) is 31.2 Å². The number of rotatable bonds is 2. The molecule has 1 heterocycles. The fourth-order valence-corrected chi connectivity index (χ4v) is 4.05. The van der Waals surface area contributed by atoms with Crippen LogP contribution in [0.4, 0.5) is 10.1 Å². The van der Waals surface area contributed by atoms with Gasteiger partial charge in [-0.25, -0.2) is 4.39 Å².